The molecule has 0 bridgehead atoms. The number of carbonyl (C=O) groups excluding carboxylic acids is 3. The van der Waals surface area contributed by atoms with E-state index in [-0.39, 0.29) is 41.7 Å². The van der Waals surface area contributed by atoms with Gasteiger partial charge in [0.25, 0.3) is 11.8 Å². The van der Waals surface area contributed by atoms with Crippen LogP contribution < -0.4 is 15.4 Å². The predicted octanol–water partition coefficient (Wildman–Crippen LogP) is 3.63. The van der Waals surface area contributed by atoms with Crippen molar-refractivity contribution >= 4 is 23.4 Å². The first-order valence-corrected chi connectivity index (χ1v) is 13.2. The monoisotopic (exact) mass is 561 g/mol. The van der Waals surface area contributed by atoms with Crippen molar-refractivity contribution in [2.75, 3.05) is 32.1 Å². The third kappa shape index (κ3) is 6.07. The number of nitrogens with one attached hydrogen (secondary N) is 2. The Morgan fingerprint density at radius 1 is 1.07 bits per heavy atom. The van der Waals surface area contributed by atoms with E-state index in [9.17, 15) is 27.6 Å². The molecule has 3 aliphatic rings. The van der Waals surface area contributed by atoms with Gasteiger partial charge in [-0.05, 0) is 68.1 Å². The van der Waals surface area contributed by atoms with Crippen LogP contribution in [0.3, 0.4) is 0 Å². The summed E-state index contributed by atoms with van der Waals surface area (Å²) in [6, 6.07) is 8.22. The van der Waals surface area contributed by atoms with Crippen molar-refractivity contribution in [1.29, 1.82) is 0 Å². The van der Waals surface area contributed by atoms with Crippen LogP contribution in [0.15, 0.2) is 42.5 Å². The fourth-order valence-corrected chi connectivity index (χ4v) is 5.23. The molecule has 3 amide bonds. The maximum absolute atomic E-state index is 13.4. The van der Waals surface area contributed by atoms with Gasteiger partial charge < -0.3 is 29.7 Å². The minimum Gasteiger partial charge on any atom is -0.490 e. The van der Waals surface area contributed by atoms with Crippen molar-refractivity contribution in [3.63, 3.8) is 0 Å². The fraction of sp³-hybridized carbons (Fsp3) is 0.464. The van der Waals surface area contributed by atoms with E-state index in [1.54, 1.807) is 24.1 Å². The lowest BCUT2D eigenvalue weighted by Gasteiger charge is -2.42. The van der Waals surface area contributed by atoms with E-state index in [1.165, 1.54) is 6.07 Å². The summed E-state index contributed by atoms with van der Waals surface area (Å²) in [7, 11) is 1.69. The van der Waals surface area contributed by atoms with E-state index in [1.807, 2.05) is 0 Å². The van der Waals surface area contributed by atoms with Gasteiger partial charge in [0.05, 0.1) is 23.3 Å². The molecule has 3 heterocycles. The molecule has 0 aliphatic carbocycles. The smallest absolute Gasteiger partial charge is 0.416 e. The van der Waals surface area contributed by atoms with Crippen molar-refractivity contribution in [1.82, 2.24) is 10.2 Å². The molecule has 0 radical (unpaired) electrons. The minimum atomic E-state index is -4.50. The zero-order chi connectivity index (χ0) is 28.4. The Morgan fingerprint density at radius 3 is 2.55 bits per heavy atom. The Labute approximate surface area is 228 Å². The summed E-state index contributed by atoms with van der Waals surface area (Å²) in [5.41, 5.74) is -0.260. The Bertz CT molecular complexity index is 1260. The summed E-state index contributed by atoms with van der Waals surface area (Å²) in [5, 5.41) is 5.53. The number of hydrogen-bond acceptors (Lipinski definition) is 6. The zero-order valence-electron chi connectivity index (χ0n) is 21.8. The third-order valence-corrected chi connectivity index (χ3v) is 7.47. The molecule has 12 heteroatoms. The van der Waals surface area contributed by atoms with Crippen LogP contribution in [-0.4, -0.2) is 73.8 Å². The van der Waals surface area contributed by atoms with E-state index in [2.05, 4.69) is 10.6 Å². The SMILES string of the molecule is CN1C(=O)c2cc(NC(=O)c3ccc(C(F)(F)F)cc3)ccc2OC[C@@H]2O[C@H](CNC(=O)[C@H]3CCCO3)CC[C@@H]21. The van der Waals surface area contributed by atoms with Crippen LogP contribution >= 0.6 is 0 Å². The van der Waals surface area contributed by atoms with Crippen molar-refractivity contribution in [2.45, 2.75) is 56.2 Å². The van der Waals surface area contributed by atoms with Gasteiger partial charge in [-0.2, -0.15) is 13.2 Å². The van der Waals surface area contributed by atoms with Gasteiger partial charge in [0.15, 0.2) is 0 Å². The molecule has 2 N–H and O–H groups in total. The second-order valence-electron chi connectivity index (χ2n) is 10.2. The van der Waals surface area contributed by atoms with Crippen LogP contribution in [0, 0.1) is 0 Å². The first-order valence-electron chi connectivity index (χ1n) is 13.2. The number of amides is 3. The highest BCUT2D eigenvalue weighted by atomic mass is 19.4. The average molecular weight is 562 g/mol. The number of anilines is 1. The van der Waals surface area contributed by atoms with Crippen molar-refractivity contribution in [2.24, 2.45) is 0 Å². The second-order valence-corrected chi connectivity index (χ2v) is 10.2. The van der Waals surface area contributed by atoms with Gasteiger partial charge in [0.2, 0.25) is 5.91 Å². The van der Waals surface area contributed by atoms with Crippen molar-refractivity contribution in [3.05, 3.63) is 59.2 Å². The highest BCUT2D eigenvalue weighted by Crippen LogP contribution is 2.32. The van der Waals surface area contributed by atoms with Gasteiger partial charge in [-0.1, -0.05) is 0 Å². The van der Waals surface area contributed by atoms with Crippen molar-refractivity contribution < 1.29 is 41.8 Å². The predicted molar refractivity (Wildman–Crippen MR) is 137 cm³/mol. The minimum absolute atomic E-state index is 0.0446. The number of rotatable bonds is 5. The number of carbonyl (C=O) groups is 3. The van der Waals surface area contributed by atoms with Gasteiger partial charge >= 0.3 is 6.18 Å². The molecule has 0 unspecified atom stereocenters. The highest BCUT2D eigenvalue weighted by molar-refractivity contribution is 6.05. The number of hydrogen-bond donors (Lipinski definition) is 2. The molecule has 9 nitrogen and oxygen atoms in total. The summed E-state index contributed by atoms with van der Waals surface area (Å²) in [4.78, 5) is 40.0. The van der Waals surface area contributed by atoms with Crippen LogP contribution in [0.25, 0.3) is 0 Å². The average Bonchev–Trinajstić information content (AvgIpc) is 3.49. The molecular weight excluding hydrogens is 531 g/mol. The van der Waals surface area contributed by atoms with Gasteiger partial charge in [0, 0.05) is 31.5 Å². The van der Waals surface area contributed by atoms with Gasteiger partial charge in [-0.3, -0.25) is 14.4 Å². The molecule has 5 rings (SSSR count). The van der Waals surface area contributed by atoms with Crippen LogP contribution in [0.4, 0.5) is 18.9 Å². The van der Waals surface area contributed by atoms with E-state index in [4.69, 9.17) is 14.2 Å². The maximum Gasteiger partial charge on any atom is 0.416 e. The first kappa shape index (κ1) is 27.9. The summed E-state index contributed by atoms with van der Waals surface area (Å²) < 4.78 is 56.1. The van der Waals surface area contributed by atoms with Crippen LogP contribution in [-0.2, 0) is 20.4 Å². The molecule has 0 aromatic heterocycles. The van der Waals surface area contributed by atoms with Gasteiger partial charge in [0.1, 0.15) is 24.6 Å². The number of halogens is 3. The summed E-state index contributed by atoms with van der Waals surface area (Å²) >= 11 is 0. The van der Waals surface area contributed by atoms with E-state index in [0.29, 0.717) is 43.9 Å². The molecule has 2 saturated heterocycles. The Hall–Kier alpha value is -3.64. The molecule has 2 aromatic carbocycles. The number of nitrogens with zero attached hydrogens (tertiary/aromatic N) is 1. The zero-order valence-corrected chi connectivity index (χ0v) is 21.8. The maximum atomic E-state index is 13.4. The quantitative estimate of drug-likeness (QED) is 0.578. The molecule has 214 valence electrons. The molecule has 4 atom stereocenters. The molecule has 2 aromatic rings. The lowest BCUT2D eigenvalue weighted by Crippen LogP contribution is -2.55. The Kier molecular flexibility index (Phi) is 7.99. The molecule has 0 saturated carbocycles. The number of fused-ring (bicyclic) bond motifs is 2. The first-order chi connectivity index (χ1) is 19.1. The Balaban J connectivity index is 1.23. The lowest BCUT2D eigenvalue weighted by atomic mass is 9.95. The second kappa shape index (κ2) is 11.5. The fourth-order valence-electron chi connectivity index (χ4n) is 5.23. The number of benzene rings is 2. The topological polar surface area (TPSA) is 106 Å². The van der Waals surface area contributed by atoms with E-state index in [0.717, 1.165) is 30.7 Å². The number of alkyl halides is 3. The van der Waals surface area contributed by atoms with E-state index >= 15 is 0 Å². The summed E-state index contributed by atoms with van der Waals surface area (Å²) in [6.45, 7) is 1.12. The molecule has 2 fully saturated rings. The molecule has 0 spiro atoms. The third-order valence-electron chi connectivity index (χ3n) is 7.47. The standard InChI is InChI=1S/C28H30F3N3O6/c1-34-21-10-9-19(14-32-26(36)23-3-2-12-38-23)40-24(21)15-39-22-11-8-18(13-20(22)27(34)37)33-25(35)16-4-6-17(7-5-16)28(29,30)31/h4-8,11,13,19,21,23-24H,2-3,9-10,12,14-15H2,1H3,(H,32,36)(H,33,35)/t19-,21-,23+,24-/m0/s1. The van der Waals surface area contributed by atoms with Crippen LogP contribution in [0.2, 0.25) is 0 Å². The molecular formula is C28H30F3N3O6. The largest absolute Gasteiger partial charge is 0.490 e. The van der Waals surface area contributed by atoms with Crippen LogP contribution in [0.5, 0.6) is 5.75 Å². The normalized spacial score (nSPS) is 24.7. The number of likely N-dealkylation sites (N-methyl/N-ethyl adjacent to an activating group) is 1. The number of ether oxygens (including phenoxy) is 3. The Morgan fingerprint density at radius 2 is 1.85 bits per heavy atom. The van der Waals surface area contributed by atoms with Crippen molar-refractivity contribution in [3.8, 4) is 5.75 Å². The van der Waals surface area contributed by atoms with Gasteiger partial charge in [-0.25, -0.2) is 0 Å². The summed E-state index contributed by atoms with van der Waals surface area (Å²) in [5.74, 6) is -0.747. The summed E-state index contributed by atoms with van der Waals surface area (Å²) in [6.07, 6.45) is -2.67. The van der Waals surface area contributed by atoms with Gasteiger partial charge in [-0.15, -0.1) is 0 Å². The molecule has 3 aliphatic heterocycles. The lowest BCUT2D eigenvalue weighted by molar-refractivity contribution is -0.137. The van der Waals surface area contributed by atoms with Crippen LogP contribution in [0.1, 0.15) is 52.0 Å². The molecule has 40 heavy (non-hydrogen) atoms. The van der Waals surface area contributed by atoms with E-state index < -0.39 is 29.9 Å². The highest BCUT2D eigenvalue weighted by Gasteiger charge is 2.39.